The Morgan fingerprint density at radius 3 is 2.21 bits per heavy atom. The summed E-state index contributed by atoms with van der Waals surface area (Å²) in [7, 11) is 0. The highest BCUT2D eigenvalue weighted by Gasteiger charge is 2.95. The third-order valence-electron chi connectivity index (χ3n) is 4.90. The minimum atomic E-state index is -1.08. The van der Waals surface area contributed by atoms with Crippen LogP contribution in [0.2, 0.25) is 0 Å². The molecule has 3 rings (SSSR count). The number of nitrogens with zero attached hydrogens (tertiary/aromatic N) is 2. The van der Waals surface area contributed by atoms with Crippen LogP contribution < -0.4 is 10.7 Å². The molecule has 1 aliphatic carbocycles. The Labute approximate surface area is 149 Å². The van der Waals surface area contributed by atoms with Gasteiger partial charge in [-0.2, -0.15) is 10.5 Å². The maximum absolute atomic E-state index is 13.3. The quantitative estimate of drug-likeness (QED) is 0.777. The smallest absolute Gasteiger partial charge is 0.265 e. The second-order valence-electron chi connectivity index (χ2n) is 5.85. The fraction of sp³-hybridized carbons (Fsp3) is 0.471. The SMILES string of the molecule is CCSC1(SCC)[NH+]=C(N)[C@@]2(C#N)[C@@H](c3ccc(F)cc3)[C@@]12C#N. The largest absolute Gasteiger partial charge is 0.290 e. The number of thioether (sulfide) groups is 2. The lowest BCUT2D eigenvalue weighted by atomic mass is 9.97. The topological polar surface area (TPSA) is 87.6 Å². The summed E-state index contributed by atoms with van der Waals surface area (Å²) in [5, 5.41) is 20.1. The van der Waals surface area contributed by atoms with Gasteiger partial charge in [-0.05, 0) is 29.2 Å². The minimum Gasteiger partial charge on any atom is -0.290 e. The Bertz CT molecular complexity index is 773. The second kappa shape index (κ2) is 5.68. The first kappa shape index (κ1) is 17.1. The van der Waals surface area contributed by atoms with E-state index in [9.17, 15) is 14.9 Å². The van der Waals surface area contributed by atoms with Crippen molar-refractivity contribution in [3.63, 3.8) is 0 Å². The van der Waals surface area contributed by atoms with E-state index in [0.717, 1.165) is 17.1 Å². The van der Waals surface area contributed by atoms with Gasteiger partial charge in [0.1, 0.15) is 5.82 Å². The molecule has 7 heteroatoms. The molecular formula is C17H18FN4S2+. The third-order valence-corrected chi connectivity index (χ3v) is 7.84. The minimum absolute atomic E-state index is 0.339. The summed E-state index contributed by atoms with van der Waals surface area (Å²) in [4.78, 5) is 3.26. The van der Waals surface area contributed by atoms with Crippen LogP contribution in [0.3, 0.4) is 0 Å². The number of rotatable bonds is 5. The molecule has 3 N–H and O–H groups in total. The van der Waals surface area contributed by atoms with Gasteiger partial charge in [-0.1, -0.05) is 49.5 Å². The standard InChI is InChI=1S/C17H17FN4S2/c1-3-23-17(24-4-2)16(10-20)13(11-5-7-12(18)8-6-11)15(16,9-19)14(21)22-17/h5-8,13H,3-4H2,1-2H3,(H2,21,22)/p+1/t13-,15-,16-/m1/s1. The Morgan fingerprint density at radius 2 is 1.75 bits per heavy atom. The number of nitriles is 2. The molecule has 1 fully saturated rings. The number of halogens is 1. The molecule has 2 aliphatic rings. The summed E-state index contributed by atoms with van der Waals surface area (Å²) in [6.45, 7) is 4.04. The van der Waals surface area contributed by atoms with E-state index in [0.29, 0.717) is 5.84 Å². The molecule has 4 nitrogen and oxygen atoms in total. The fourth-order valence-corrected chi connectivity index (χ4v) is 7.33. The van der Waals surface area contributed by atoms with Crippen molar-refractivity contribution in [3.8, 4) is 12.1 Å². The van der Waals surface area contributed by atoms with Gasteiger partial charge < -0.3 is 0 Å². The van der Waals surface area contributed by atoms with Gasteiger partial charge in [0.15, 0.2) is 10.8 Å². The molecule has 0 amide bonds. The fourth-order valence-electron chi connectivity index (χ4n) is 4.01. The maximum Gasteiger partial charge on any atom is 0.265 e. The van der Waals surface area contributed by atoms with Crippen molar-refractivity contribution in [2.24, 2.45) is 16.6 Å². The van der Waals surface area contributed by atoms with E-state index in [1.54, 1.807) is 35.7 Å². The highest BCUT2D eigenvalue weighted by atomic mass is 32.2. The maximum atomic E-state index is 13.3. The summed E-state index contributed by atoms with van der Waals surface area (Å²) in [5.74, 6) is 1.22. The first-order chi connectivity index (χ1) is 11.5. The molecule has 0 aromatic heterocycles. The molecule has 0 spiro atoms. The van der Waals surface area contributed by atoms with E-state index in [4.69, 9.17) is 5.73 Å². The van der Waals surface area contributed by atoms with Crippen molar-refractivity contribution in [2.45, 2.75) is 24.0 Å². The number of amidine groups is 1. The average molecular weight is 361 g/mol. The van der Waals surface area contributed by atoms with Gasteiger partial charge in [0.2, 0.25) is 4.20 Å². The summed E-state index contributed by atoms with van der Waals surface area (Å²) >= 11 is 3.21. The Kier molecular flexibility index (Phi) is 4.06. The molecule has 1 saturated carbocycles. The van der Waals surface area contributed by atoms with Crippen LogP contribution in [-0.4, -0.2) is 21.5 Å². The Balaban J connectivity index is 2.21. The number of hydrogen-bond donors (Lipinski definition) is 2. The van der Waals surface area contributed by atoms with Gasteiger partial charge in [0.05, 0.1) is 12.1 Å². The Morgan fingerprint density at radius 1 is 1.17 bits per heavy atom. The van der Waals surface area contributed by atoms with Gasteiger partial charge in [-0.25, -0.2) is 4.39 Å². The molecule has 1 aromatic carbocycles. The highest BCUT2D eigenvalue weighted by Crippen LogP contribution is 2.81. The van der Waals surface area contributed by atoms with Gasteiger partial charge >= 0.3 is 0 Å². The summed E-state index contributed by atoms with van der Waals surface area (Å²) < 4.78 is 12.6. The normalized spacial score (nSPS) is 32.4. The molecule has 0 bridgehead atoms. The molecule has 3 atom stereocenters. The van der Waals surface area contributed by atoms with Crippen LogP contribution in [0, 0.1) is 39.3 Å². The summed E-state index contributed by atoms with van der Waals surface area (Å²) in [5.41, 5.74) is 4.98. The summed E-state index contributed by atoms with van der Waals surface area (Å²) in [6.07, 6.45) is 0. The van der Waals surface area contributed by atoms with Crippen molar-refractivity contribution < 1.29 is 9.38 Å². The van der Waals surface area contributed by atoms with E-state index in [1.807, 2.05) is 13.8 Å². The van der Waals surface area contributed by atoms with Crippen molar-refractivity contribution in [2.75, 3.05) is 11.5 Å². The zero-order valence-electron chi connectivity index (χ0n) is 13.5. The van der Waals surface area contributed by atoms with Crippen LogP contribution >= 0.6 is 23.5 Å². The highest BCUT2D eigenvalue weighted by molar-refractivity contribution is 8.17. The Hall–Kier alpha value is -1.70. The number of hydrogen-bond acceptors (Lipinski definition) is 5. The molecule has 0 saturated heterocycles. The van der Waals surface area contributed by atoms with Crippen molar-refractivity contribution in [1.29, 1.82) is 10.5 Å². The first-order valence-electron chi connectivity index (χ1n) is 7.76. The van der Waals surface area contributed by atoms with Crippen LogP contribution in [0.4, 0.5) is 4.39 Å². The van der Waals surface area contributed by atoms with E-state index in [2.05, 4.69) is 17.1 Å². The van der Waals surface area contributed by atoms with Crippen LogP contribution in [0.15, 0.2) is 24.3 Å². The van der Waals surface area contributed by atoms with Crippen LogP contribution in [0.5, 0.6) is 0 Å². The number of nitrogens with one attached hydrogen (secondary N) is 1. The van der Waals surface area contributed by atoms with Gasteiger partial charge in [-0.15, -0.1) is 0 Å². The van der Waals surface area contributed by atoms with Gasteiger partial charge in [0, 0.05) is 5.92 Å². The van der Waals surface area contributed by atoms with Crippen molar-refractivity contribution >= 4 is 29.4 Å². The monoisotopic (exact) mass is 361 g/mol. The molecule has 1 aliphatic heterocycles. The second-order valence-corrected chi connectivity index (χ2v) is 9.06. The molecule has 1 aromatic rings. The lowest BCUT2D eigenvalue weighted by molar-refractivity contribution is -0.492. The predicted molar refractivity (Wildman–Crippen MR) is 94.4 cm³/mol. The lowest BCUT2D eigenvalue weighted by Gasteiger charge is -2.29. The van der Waals surface area contributed by atoms with Crippen LogP contribution in [0.1, 0.15) is 25.3 Å². The number of benzene rings is 1. The van der Waals surface area contributed by atoms with Gasteiger partial charge in [-0.3, -0.25) is 10.7 Å². The zero-order valence-corrected chi connectivity index (χ0v) is 15.1. The summed E-state index contributed by atoms with van der Waals surface area (Å²) in [6, 6.07) is 10.8. The molecular weight excluding hydrogens is 343 g/mol. The van der Waals surface area contributed by atoms with E-state index >= 15 is 0 Å². The number of nitrogens with two attached hydrogens (primary N) is 1. The van der Waals surface area contributed by atoms with E-state index in [-0.39, 0.29) is 11.7 Å². The molecule has 0 radical (unpaired) electrons. The molecule has 24 heavy (non-hydrogen) atoms. The van der Waals surface area contributed by atoms with Gasteiger partial charge in [0.25, 0.3) is 5.84 Å². The van der Waals surface area contributed by atoms with E-state index in [1.165, 1.54) is 12.1 Å². The molecule has 124 valence electrons. The molecule has 0 unspecified atom stereocenters. The molecule has 1 heterocycles. The lowest BCUT2D eigenvalue weighted by Crippen LogP contribution is -2.86. The first-order valence-corrected chi connectivity index (χ1v) is 9.73. The predicted octanol–water partition coefficient (Wildman–Crippen LogP) is 1.55. The third kappa shape index (κ3) is 1.77. The number of fused-ring (bicyclic) bond motifs is 1. The zero-order chi connectivity index (χ0) is 17.6. The van der Waals surface area contributed by atoms with Crippen molar-refractivity contribution in [1.82, 2.24) is 0 Å². The van der Waals surface area contributed by atoms with Crippen LogP contribution in [-0.2, 0) is 0 Å². The van der Waals surface area contributed by atoms with E-state index < -0.39 is 15.0 Å². The van der Waals surface area contributed by atoms with Crippen LogP contribution in [0.25, 0.3) is 0 Å². The van der Waals surface area contributed by atoms with Crippen molar-refractivity contribution in [3.05, 3.63) is 35.6 Å². The average Bonchev–Trinajstić information content (AvgIpc) is 3.15.